The predicted molar refractivity (Wildman–Crippen MR) is 87.2 cm³/mol. The highest BCUT2D eigenvalue weighted by molar-refractivity contribution is 5.96. The average Bonchev–Trinajstić information content (AvgIpc) is 2.92. The van der Waals surface area contributed by atoms with Gasteiger partial charge in [-0.3, -0.25) is 14.5 Å². The zero-order valence-corrected chi connectivity index (χ0v) is 13.1. The average molecular weight is 314 g/mol. The van der Waals surface area contributed by atoms with Gasteiger partial charge in [-0.2, -0.15) is 0 Å². The van der Waals surface area contributed by atoms with Gasteiger partial charge in [-0.05, 0) is 30.5 Å². The van der Waals surface area contributed by atoms with Gasteiger partial charge in [0.25, 0.3) is 5.56 Å². The molecule has 1 N–H and O–H groups in total. The van der Waals surface area contributed by atoms with Crippen molar-refractivity contribution in [1.82, 2.24) is 14.4 Å². The standard InChI is InChI=1S/C16H18N4O3/c1-3-19-10-20(9-14(19)21)16(23)17-12-5-4-11-6-7-18(2)15(22)13(11)8-12/h4-8H,3,9-10H2,1-2H3,(H,17,23). The molecule has 7 heteroatoms. The van der Waals surface area contributed by atoms with Crippen LogP contribution in [0.4, 0.5) is 10.5 Å². The molecule has 7 nitrogen and oxygen atoms in total. The molecule has 1 aliphatic heterocycles. The highest BCUT2D eigenvalue weighted by Gasteiger charge is 2.29. The van der Waals surface area contributed by atoms with Gasteiger partial charge in [0.1, 0.15) is 6.54 Å². The van der Waals surface area contributed by atoms with E-state index in [1.807, 2.05) is 13.0 Å². The quantitative estimate of drug-likeness (QED) is 0.905. The first-order valence-electron chi connectivity index (χ1n) is 7.42. The Kier molecular flexibility index (Phi) is 3.77. The van der Waals surface area contributed by atoms with Crippen molar-refractivity contribution in [3.8, 4) is 0 Å². The summed E-state index contributed by atoms with van der Waals surface area (Å²) in [7, 11) is 1.68. The Labute approximate surface area is 133 Å². The third kappa shape index (κ3) is 2.77. The van der Waals surface area contributed by atoms with E-state index in [1.165, 1.54) is 9.47 Å². The number of pyridine rings is 1. The molecule has 0 bridgehead atoms. The summed E-state index contributed by atoms with van der Waals surface area (Å²) in [5, 5.41) is 4.11. The maximum atomic E-state index is 12.3. The number of aryl methyl sites for hydroxylation is 1. The van der Waals surface area contributed by atoms with Crippen molar-refractivity contribution in [1.29, 1.82) is 0 Å². The van der Waals surface area contributed by atoms with E-state index in [4.69, 9.17) is 0 Å². The molecule has 3 amide bonds. The van der Waals surface area contributed by atoms with Gasteiger partial charge < -0.3 is 14.8 Å². The summed E-state index contributed by atoms with van der Waals surface area (Å²) in [5.41, 5.74) is 0.417. The van der Waals surface area contributed by atoms with E-state index in [9.17, 15) is 14.4 Å². The van der Waals surface area contributed by atoms with E-state index in [1.54, 1.807) is 36.3 Å². The van der Waals surface area contributed by atoms with E-state index in [2.05, 4.69) is 5.32 Å². The van der Waals surface area contributed by atoms with Crippen LogP contribution in [0.3, 0.4) is 0 Å². The molecule has 23 heavy (non-hydrogen) atoms. The SMILES string of the molecule is CCN1CN(C(=O)Nc2ccc3ccn(C)c(=O)c3c2)CC1=O. The van der Waals surface area contributed by atoms with Crippen LogP contribution in [0.5, 0.6) is 0 Å². The molecular formula is C16H18N4O3. The molecule has 1 aromatic carbocycles. The van der Waals surface area contributed by atoms with Crippen molar-refractivity contribution >= 4 is 28.4 Å². The Bertz CT molecular complexity index is 843. The molecule has 0 radical (unpaired) electrons. The summed E-state index contributed by atoms with van der Waals surface area (Å²) >= 11 is 0. The van der Waals surface area contributed by atoms with E-state index in [-0.39, 0.29) is 30.7 Å². The largest absolute Gasteiger partial charge is 0.324 e. The molecule has 1 aliphatic rings. The minimum atomic E-state index is -0.346. The first kappa shape index (κ1) is 15.1. The van der Waals surface area contributed by atoms with Gasteiger partial charge in [0.05, 0.1) is 6.67 Å². The zero-order chi connectivity index (χ0) is 16.6. The fourth-order valence-corrected chi connectivity index (χ4v) is 2.63. The number of carbonyl (C=O) groups is 2. The van der Waals surface area contributed by atoms with E-state index < -0.39 is 0 Å². The molecule has 1 saturated heterocycles. The van der Waals surface area contributed by atoms with Crippen LogP contribution in [0, 0.1) is 0 Å². The minimum absolute atomic E-state index is 0.0602. The van der Waals surface area contributed by atoms with E-state index >= 15 is 0 Å². The van der Waals surface area contributed by atoms with Gasteiger partial charge in [-0.15, -0.1) is 0 Å². The lowest BCUT2D eigenvalue weighted by molar-refractivity contribution is -0.126. The summed E-state index contributed by atoms with van der Waals surface area (Å²) < 4.78 is 1.49. The second-order valence-electron chi connectivity index (χ2n) is 5.55. The number of anilines is 1. The molecule has 1 aromatic heterocycles. The highest BCUT2D eigenvalue weighted by atomic mass is 16.2. The maximum absolute atomic E-state index is 12.3. The summed E-state index contributed by atoms with van der Waals surface area (Å²) in [6.45, 7) is 2.82. The molecule has 1 fully saturated rings. The van der Waals surface area contributed by atoms with Gasteiger partial charge in [-0.1, -0.05) is 6.07 Å². The van der Waals surface area contributed by atoms with Crippen molar-refractivity contribution < 1.29 is 9.59 Å². The number of benzene rings is 1. The van der Waals surface area contributed by atoms with Gasteiger partial charge in [0.15, 0.2) is 0 Å². The van der Waals surface area contributed by atoms with E-state index in [0.717, 1.165) is 5.39 Å². The Morgan fingerprint density at radius 2 is 2.04 bits per heavy atom. The first-order valence-corrected chi connectivity index (χ1v) is 7.42. The lowest BCUT2D eigenvalue weighted by Crippen LogP contribution is -2.34. The van der Waals surface area contributed by atoms with Crippen LogP contribution in [-0.2, 0) is 11.8 Å². The Hall–Kier alpha value is -2.83. The predicted octanol–water partition coefficient (Wildman–Crippen LogP) is 1.19. The number of carbonyl (C=O) groups excluding carboxylic acids is 2. The second-order valence-corrected chi connectivity index (χ2v) is 5.55. The number of hydrogen-bond acceptors (Lipinski definition) is 3. The topological polar surface area (TPSA) is 74.7 Å². The Balaban J connectivity index is 1.82. The second kappa shape index (κ2) is 5.75. The summed E-state index contributed by atoms with van der Waals surface area (Å²) in [6, 6.07) is 6.70. The van der Waals surface area contributed by atoms with Crippen LogP contribution in [0.1, 0.15) is 6.92 Å². The molecule has 120 valence electrons. The van der Waals surface area contributed by atoms with Crippen LogP contribution in [0.2, 0.25) is 0 Å². The van der Waals surface area contributed by atoms with Crippen LogP contribution in [-0.4, -0.2) is 46.1 Å². The van der Waals surface area contributed by atoms with Crippen LogP contribution in [0.15, 0.2) is 35.3 Å². The third-order valence-corrected chi connectivity index (χ3v) is 4.02. The van der Waals surface area contributed by atoms with E-state index in [0.29, 0.717) is 17.6 Å². The lowest BCUT2D eigenvalue weighted by atomic mass is 10.1. The number of aromatic nitrogens is 1. The number of nitrogens with one attached hydrogen (secondary N) is 1. The molecule has 2 aromatic rings. The van der Waals surface area contributed by atoms with Gasteiger partial charge >= 0.3 is 6.03 Å². The monoisotopic (exact) mass is 314 g/mol. The third-order valence-electron chi connectivity index (χ3n) is 4.02. The van der Waals surface area contributed by atoms with Gasteiger partial charge in [-0.25, -0.2) is 4.79 Å². The zero-order valence-electron chi connectivity index (χ0n) is 13.1. The van der Waals surface area contributed by atoms with Crippen molar-refractivity contribution in [3.05, 3.63) is 40.8 Å². The van der Waals surface area contributed by atoms with Crippen molar-refractivity contribution in [2.24, 2.45) is 7.05 Å². The fourth-order valence-electron chi connectivity index (χ4n) is 2.63. The number of urea groups is 1. The van der Waals surface area contributed by atoms with Crippen LogP contribution < -0.4 is 10.9 Å². The molecular weight excluding hydrogens is 296 g/mol. The number of hydrogen-bond donors (Lipinski definition) is 1. The molecule has 0 atom stereocenters. The number of fused-ring (bicyclic) bond motifs is 1. The highest BCUT2D eigenvalue weighted by Crippen LogP contribution is 2.17. The number of amides is 3. The Morgan fingerprint density at radius 1 is 1.26 bits per heavy atom. The molecule has 3 rings (SSSR count). The van der Waals surface area contributed by atoms with Gasteiger partial charge in [0.2, 0.25) is 5.91 Å². The fraction of sp³-hybridized carbons (Fsp3) is 0.312. The number of likely N-dealkylation sites (N-methyl/N-ethyl adjacent to an activating group) is 1. The summed E-state index contributed by atoms with van der Waals surface area (Å²) in [5.74, 6) is -0.0602. The van der Waals surface area contributed by atoms with Gasteiger partial charge in [0, 0.05) is 30.9 Å². The molecule has 2 heterocycles. The molecule has 0 saturated carbocycles. The number of rotatable bonds is 2. The van der Waals surface area contributed by atoms with Crippen molar-refractivity contribution in [2.75, 3.05) is 25.1 Å². The summed E-state index contributed by atoms with van der Waals surface area (Å²) in [6.07, 6.45) is 1.71. The molecule has 0 unspecified atom stereocenters. The van der Waals surface area contributed by atoms with Crippen molar-refractivity contribution in [2.45, 2.75) is 6.92 Å². The van der Waals surface area contributed by atoms with Crippen LogP contribution >= 0.6 is 0 Å². The summed E-state index contributed by atoms with van der Waals surface area (Å²) in [4.78, 5) is 39.1. The normalized spacial score (nSPS) is 14.6. The lowest BCUT2D eigenvalue weighted by Gasteiger charge is -2.17. The Morgan fingerprint density at radius 3 is 2.74 bits per heavy atom. The molecule has 0 aliphatic carbocycles. The smallest absolute Gasteiger partial charge is 0.323 e. The minimum Gasteiger partial charge on any atom is -0.324 e. The maximum Gasteiger partial charge on any atom is 0.323 e. The molecule has 0 spiro atoms. The van der Waals surface area contributed by atoms with Crippen molar-refractivity contribution in [3.63, 3.8) is 0 Å². The first-order chi connectivity index (χ1) is 11.0. The van der Waals surface area contributed by atoms with Crippen LogP contribution in [0.25, 0.3) is 10.8 Å². The number of nitrogens with zero attached hydrogens (tertiary/aromatic N) is 3.